The van der Waals surface area contributed by atoms with E-state index in [4.69, 9.17) is 14.1 Å². The van der Waals surface area contributed by atoms with Crippen molar-refractivity contribution >= 4 is 12.6 Å². The minimum absolute atomic E-state index is 0.218. The summed E-state index contributed by atoms with van der Waals surface area (Å²) in [5.74, 6) is 0. The lowest BCUT2D eigenvalue weighted by Crippen LogP contribution is -2.41. The van der Waals surface area contributed by atoms with Crippen molar-refractivity contribution in [2.45, 2.75) is 45.5 Å². The van der Waals surface area contributed by atoms with Gasteiger partial charge in [0.15, 0.2) is 0 Å². The van der Waals surface area contributed by atoms with Gasteiger partial charge in [0.25, 0.3) is 0 Å². The lowest BCUT2D eigenvalue weighted by molar-refractivity contribution is -0.700. The molecule has 8 heteroatoms. The first-order chi connectivity index (χ1) is 10.6. The number of nitrogens with zero attached hydrogens (tertiary/aromatic N) is 3. The van der Waals surface area contributed by atoms with Gasteiger partial charge >= 0.3 is 7.12 Å². The van der Waals surface area contributed by atoms with Crippen molar-refractivity contribution in [1.29, 1.82) is 0 Å². The molecule has 1 heterocycles. The summed E-state index contributed by atoms with van der Waals surface area (Å²) in [6.45, 7) is 8.31. The van der Waals surface area contributed by atoms with E-state index in [0.717, 1.165) is 11.0 Å². The molecule has 0 atom stereocenters. The zero-order valence-corrected chi connectivity index (χ0v) is 14.6. The fraction of sp³-hybridized carbons (Fsp3) is 0.600. The van der Waals surface area contributed by atoms with Crippen LogP contribution < -0.4 is 5.46 Å². The quantitative estimate of drug-likeness (QED) is 0.358. The molecule has 0 radical (unpaired) electrons. The average molecular weight is 321 g/mol. The van der Waals surface area contributed by atoms with Crippen molar-refractivity contribution in [1.82, 2.24) is 5.01 Å². The van der Waals surface area contributed by atoms with Gasteiger partial charge in [0.05, 0.1) is 30.3 Å². The molecule has 1 fully saturated rings. The van der Waals surface area contributed by atoms with Crippen molar-refractivity contribution in [3.05, 3.63) is 35.0 Å². The summed E-state index contributed by atoms with van der Waals surface area (Å²) in [5.41, 5.74) is 1.13. The highest BCUT2D eigenvalue weighted by Gasteiger charge is 2.51. The molecule has 7 nitrogen and oxygen atoms in total. The van der Waals surface area contributed by atoms with E-state index < -0.39 is 0 Å². The largest absolute Gasteiger partial charge is 0.569 e. The standard InChI is InChI=1S/C15H24BN3O4/c1-14(2)15(3,4)23-16(22-14)13-9-7-12(8-10-13)11-21-17-19(20)18(5)6/h7-10H,11H2,1-6H3/b19-17-. The molecule has 0 bridgehead atoms. The summed E-state index contributed by atoms with van der Waals surface area (Å²) < 4.78 is 12.0. The molecular formula is C15H24BN3O4. The Morgan fingerprint density at radius 3 is 2.13 bits per heavy atom. The summed E-state index contributed by atoms with van der Waals surface area (Å²) in [6, 6.07) is 7.67. The van der Waals surface area contributed by atoms with E-state index >= 15 is 0 Å². The maximum atomic E-state index is 11.2. The van der Waals surface area contributed by atoms with Gasteiger partial charge < -0.3 is 19.4 Å². The Hall–Kier alpha value is -1.80. The van der Waals surface area contributed by atoms with Crippen molar-refractivity contribution in [3.63, 3.8) is 0 Å². The number of rotatable bonds is 5. The van der Waals surface area contributed by atoms with Gasteiger partial charge in [0.2, 0.25) is 5.28 Å². The number of hydrogen-bond donors (Lipinski definition) is 0. The highest BCUT2D eigenvalue weighted by molar-refractivity contribution is 6.62. The summed E-state index contributed by atoms with van der Waals surface area (Å²) in [6.07, 6.45) is 0. The first-order valence-corrected chi connectivity index (χ1v) is 7.54. The van der Waals surface area contributed by atoms with Crippen LogP contribution in [-0.4, -0.2) is 42.4 Å². The fourth-order valence-electron chi connectivity index (χ4n) is 1.98. The summed E-state index contributed by atoms with van der Waals surface area (Å²) in [4.78, 5) is 5.38. The van der Waals surface area contributed by atoms with Gasteiger partial charge in [-0.25, -0.2) is 0 Å². The molecule has 0 N–H and O–H groups in total. The number of hydrazine groups is 1. The first kappa shape index (κ1) is 17.6. The van der Waals surface area contributed by atoms with E-state index in [-0.39, 0.29) is 24.9 Å². The lowest BCUT2D eigenvalue weighted by atomic mass is 9.79. The Balaban J connectivity index is 1.97. The van der Waals surface area contributed by atoms with Crippen LogP contribution in [0.2, 0.25) is 0 Å². The third kappa shape index (κ3) is 3.94. The van der Waals surface area contributed by atoms with Crippen LogP contribution in [0.3, 0.4) is 0 Å². The third-order valence-corrected chi connectivity index (χ3v) is 4.21. The van der Waals surface area contributed by atoms with E-state index in [1.165, 1.54) is 5.01 Å². The van der Waals surface area contributed by atoms with Crippen LogP contribution in [0.15, 0.2) is 29.5 Å². The molecule has 126 valence electrons. The predicted octanol–water partition coefficient (Wildman–Crippen LogP) is 1.86. The molecule has 23 heavy (non-hydrogen) atoms. The molecule has 1 aliphatic heterocycles. The second kappa shape index (κ2) is 6.37. The summed E-state index contributed by atoms with van der Waals surface area (Å²) in [5, 5.41) is 15.9. The number of benzene rings is 1. The molecule has 0 aliphatic carbocycles. The van der Waals surface area contributed by atoms with Gasteiger partial charge in [-0.15, -0.1) is 0 Å². The second-order valence-electron chi connectivity index (χ2n) is 6.78. The zero-order chi connectivity index (χ0) is 17.3. The van der Waals surface area contributed by atoms with Gasteiger partial charge in [-0.1, -0.05) is 24.3 Å². The maximum absolute atomic E-state index is 11.2. The van der Waals surface area contributed by atoms with Crippen LogP contribution in [0.4, 0.5) is 0 Å². The molecule has 0 aromatic heterocycles. The lowest BCUT2D eigenvalue weighted by Gasteiger charge is -2.32. The number of hydrogen-bond acceptors (Lipinski definition) is 5. The topological polar surface area (TPSA) is 69.4 Å². The minimum Gasteiger partial charge on any atom is -0.569 e. The van der Waals surface area contributed by atoms with Crippen LogP contribution >= 0.6 is 0 Å². The van der Waals surface area contributed by atoms with Gasteiger partial charge in [-0.3, -0.25) is 0 Å². The molecule has 0 saturated carbocycles. The Morgan fingerprint density at radius 1 is 1.13 bits per heavy atom. The molecular weight excluding hydrogens is 297 g/mol. The molecule has 0 unspecified atom stereocenters. The monoisotopic (exact) mass is 321 g/mol. The van der Waals surface area contributed by atoms with E-state index in [1.807, 2.05) is 52.0 Å². The van der Waals surface area contributed by atoms with Gasteiger partial charge in [0, 0.05) is 0 Å². The van der Waals surface area contributed by atoms with Crippen LogP contribution in [0.25, 0.3) is 0 Å². The van der Waals surface area contributed by atoms with Gasteiger partial charge in [0.1, 0.15) is 6.61 Å². The third-order valence-electron chi connectivity index (χ3n) is 4.21. The van der Waals surface area contributed by atoms with Crippen molar-refractivity contribution < 1.29 is 19.1 Å². The minimum atomic E-state index is -0.384. The smallest absolute Gasteiger partial charge is 0.494 e. The van der Waals surface area contributed by atoms with E-state index in [1.54, 1.807) is 14.1 Å². The van der Waals surface area contributed by atoms with Crippen molar-refractivity contribution in [2.75, 3.05) is 14.1 Å². The molecule has 0 spiro atoms. The Bertz CT molecular complexity index is 557. The van der Waals surface area contributed by atoms with Crippen LogP contribution in [-0.2, 0) is 20.8 Å². The molecule has 1 saturated heterocycles. The summed E-state index contributed by atoms with van der Waals surface area (Å²) >= 11 is 0. The zero-order valence-electron chi connectivity index (χ0n) is 14.6. The molecule has 2 rings (SSSR count). The predicted molar refractivity (Wildman–Crippen MR) is 86.7 cm³/mol. The Morgan fingerprint density at radius 2 is 1.65 bits per heavy atom. The highest BCUT2D eigenvalue weighted by Crippen LogP contribution is 2.36. The Kier molecular flexibility index (Phi) is 4.86. The van der Waals surface area contributed by atoms with Crippen LogP contribution in [0.1, 0.15) is 33.3 Å². The normalized spacial score (nSPS) is 19.7. The summed E-state index contributed by atoms with van der Waals surface area (Å²) in [7, 11) is 2.78. The highest BCUT2D eigenvalue weighted by atomic mass is 16.7. The molecule has 1 aromatic carbocycles. The molecule has 0 amide bonds. The fourth-order valence-corrected chi connectivity index (χ4v) is 1.98. The Labute approximate surface area is 137 Å². The van der Waals surface area contributed by atoms with Crippen molar-refractivity contribution in [2.24, 2.45) is 5.28 Å². The van der Waals surface area contributed by atoms with E-state index in [0.29, 0.717) is 4.97 Å². The van der Waals surface area contributed by atoms with Crippen molar-refractivity contribution in [3.8, 4) is 0 Å². The van der Waals surface area contributed by atoms with Gasteiger partial charge in [-0.2, -0.15) is 5.01 Å². The molecule has 1 aliphatic rings. The maximum Gasteiger partial charge on any atom is 0.494 e. The SMILES string of the molecule is CN(C)/[N+]([O-])=N/OCc1ccc(B2OC(C)(C)C(C)(C)O2)cc1. The van der Waals surface area contributed by atoms with E-state index in [9.17, 15) is 5.21 Å². The first-order valence-electron chi connectivity index (χ1n) is 7.54. The second-order valence-corrected chi connectivity index (χ2v) is 6.78. The van der Waals surface area contributed by atoms with Gasteiger partial charge in [-0.05, 0) is 38.7 Å². The average Bonchev–Trinajstić information content (AvgIpc) is 2.68. The van der Waals surface area contributed by atoms with Crippen LogP contribution in [0.5, 0.6) is 0 Å². The van der Waals surface area contributed by atoms with E-state index in [2.05, 4.69) is 5.28 Å². The molecule has 1 aromatic rings. The van der Waals surface area contributed by atoms with Crippen LogP contribution in [0, 0.1) is 5.21 Å².